The first-order chi connectivity index (χ1) is 9.40. The van der Waals surface area contributed by atoms with Crippen LogP contribution in [0.2, 0.25) is 0 Å². The van der Waals surface area contributed by atoms with Crippen LogP contribution in [-0.2, 0) is 0 Å². The summed E-state index contributed by atoms with van der Waals surface area (Å²) in [7, 11) is 0. The van der Waals surface area contributed by atoms with Gasteiger partial charge in [0.05, 0.1) is 11.4 Å². The van der Waals surface area contributed by atoms with E-state index in [4.69, 9.17) is 17.2 Å². The van der Waals surface area contributed by atoms with Crippen molar-refractivity contribution < 1.29 is 4.79 Å². The average molecular weight is 270 g/mol. The minimum atomic E-state index is -0.582. The van der Waals surface area contributed by atoms with Crippen molar-refractivity contribution in [2.75, 3.05) is 16.4 Å². The van der Waals surface area contributed by atoms with Gasteiger partial charge in [-0.15, -0.1) is 0 Å². The van der Waals surface area contributed by atoms with E-state index in [1.807, 2.05) is 26.0 Å². The topological polar surface area (TPSA) is 98.4 Å². The molecule has 20 heavy (non-hydrogen) atoms. The van der Waals surface area contributed by atoms with Crippen molar-refractivity contribution in [1.82, 2.24) is 0 Å². The largest absolute Gasteiger partial charge is 0.399 e. The van der Waals surface area contributed by atoms with Gasteiger partial charge in [0, 0.05) is 11.4 Å². The van der Waals surface area contributed by atoms with Gasteiger partial charge in [-0.1, -0.05) is 12.1 Å². The van der Waals surface area contributed by atoms with Crippen LogP contribution in [0.4, 0.5) is 27.5 Å². The summed E-state index contributed by atoms with van der Waals surface area (Å²) < 4.78 is 0. The van der Waals surface area contributed by atoms with Crippen LogP contribution in [0.25, 0.3) is 0 Å². The second-order valence-electron chi connectivity index (χ2n) is 4.76. The number of hydrogen-bond donors (Lipinski definition) is 3. The molecule has 6 N–H and O–H groups in total. The second-order valence-corrected chi connectivity index (χ2v) is 4.76. The molecule has 2 amide bonds. The van der Waals surface area contributed by atoms with E-state index in [2.05, 4.69) is 0 Å². The van der Waals surface area contributed by atoms with Gasteiger partial charge in [0.15, 0.2) is 0 Å². The van der Waals surface area contributed by atoms with E-state index in [0.29, 0.717) is 22.7 Å². The maximum absolute atomic E-state index is 11.8. The lowest BCUT2D eigenvalue weighted by atomic mass is 10.1. The number of carbonyl (C=O) groups is 1. The van der Waals surface area contributed by atoms with E-state index >= 15 is 0 Å². The van der Waals surface area contributed by atoms with Gasteiger partial charge in [-0.3, -0.25) is 4.90 Å². The molecule has 5 nitrogen and oxygen atoms in total. The Bertz CT molecular complexity index is 667. The highest BCUT2D eigenvalue weighted by molar-refractivity contribution is 6.00. The van der Waals surface area contributed by atoms with Crippen LogP contribution in [0, 0.1) is 13.8 Å². The molecule has 2 rings (SSSR count). The van der Waals surface area contributed by atoms with Crippen molar-refractivity contribution in [3.8, 4) is 0 Å². The third-order valence-electron chi connectivity index (χ3n) is 3.22. The molecule has 0 fully saturated rings. The van der Waals surface area contributed by atoms with Gasteiger partial charge in [0.1, 0.15) is 0 Å². The lowest BCUT2D eigenvalue weighted by Crippen LogP contribution is -2.32. The molecule has 0 unspecified atom stereocenters. The standard InChI is InChI=1S/C15H18N4O/c1-9-4-6-12(8-13(9)17)19(15(18)20)14-7-11(16)5-3-10(14)2/h3-8H,16-17H2,1-2H3,(H2,18,20). The van der Waals surface area contributed by atoms with Crippen LogP contribution in [0.1, 0.15) is 11.1 Å². The minimum absolute atomic E-state index is 0.567. The quantitative estimate of drug-likeness (QED) is 0.731. The Balaban J connectivity index is 2.59. The number of carbonyl (C=O) groups excluding carboxylic acids is 1. The summed E-state index contributed by atoms with van der Waals surface area (Å²) in [5.74, 6) is 0. The van der Waals surface area contributed by atoms with E-state index in [9.17, 15) is 4.79 Å². The molecule has 0 saturated heterocycles. The van der Waals surface area contributed by atoms with Gasteiger partial charge < -0.3 is 17.2 Å². The van der Waals surface area contributed by atoms with Gasteiger partial charge in [-0.2, -0.15) is 0 Å². The van der Waals surface area contributed by atoms with E-state index < -0.39 is 6.03 Å². The molecule has 2 aromatic carbocycles. The second kappa shape index (κ2) is 5.13. The molecule has 0 spiro atoms. The number of primary amides is 1. The fourth-order valence-corrected chi connectivity index (χ4v) is 2.02. The number of nitrogens with two attached hydrogens (primary N) is 3. The monoisotopic (exact) mass is 270 g/mol. The highest BCUT2D eigenvalue weighted by Gasteiger charge is 2.18. The molecule has 0 aliphatic carbocycles. The van der Waals surface area contributed by atoms with Crippen LogP contribution in [0.3, 0.4) is 0 Å². The fourth-order valence-electron chi connectivity index (χ4n) is 2.02. The molecule has 0 heterocycles. The van der Waals surface area contributed by atoms with Crippen molar-refractivity contribution in [3.63, 3.8) is 0 Å². The highest BCUT2D eigenvalue weighted by Crippen LogP contribution is 2.31. The van der Waals surface area contributed by atoms with E-state index in [0.717, 1.165) is 11.1 Å². The SMILES string of the molecule is Cc1ccc(N(C(N)=O)c2cc(N)ccc2C)cc1N. The molecule has 5 heteroatoms. The Hall–Kier alpha value is -2.69. The Labute approximate surface area is 118 Å². The molecule has 0 aliphatic rings. The number of anilines is 4. The van der Waals surface area contributed by atoms with Gasteiger partial charge >= 0.3 is 6.03 Å². The molecule has 0 aliphatic heterocycles. The minimum Gasteiger partial charge on any atom is -0.399 e. The van der Waals surface area contributed by atoms with E-state index in [1.165, 1.54) is 4.90 Å². The lowest BCUT2D eigenvalue weighted by Gasteiger charge is -2.23. The van der Waals surface area contributed by atoms with E-state index in [1.54, 1.807) is 24.3 Å². The fraction of sp³-hybridized carbons (Fsp3) is 0.133. The summed E-state index contributed by atoms with van der Waals surface area (Å²) in [6, 6.07) is 10.1. The Morgan fingerprint density at radius 1 is 1.00 bits per heavy atom. The molecule has 0 aromatic heterocycles. The van der Waals surface area contributed by atoms with Crippen LogP contribution < -0.4 is 22.1 Å². The number of nitrogens with zero attached hydrogens (tertiary/aromatic N) is 1. The molecular formula is C15H18N4O. The van der Waals surface area contributed by atoms with Gasteiger partial charge in [-0.05, 0) is 49.2 Å². The Kier molecular flexibility index (Phi) is 3.52. The number of hydrogen-bond acceptors (Lipinski definition) is 3. The number of amides is 2. The van der Waals surface area contributed by atoms with Crippen LogP contribution in [0.5, 0.6) is 0 Å². The molecular weight excluding hydrogens is 252 g/mol. The number of aryl methyl sites for hydroxylation is 2. The maximum atomic E-state index is 11.8. The molecule has 0 saturated carbocycles. The number of nitrogen functional groups attached to an aromatic ring is 2. The first-order valence-corrected chi connectivity index (χ1v) is 6.22. The summed E-state index contributed by atoms with van der Waals surface area (Å²) in [6.07, 6.45) is 0. The summed E-state index contributed by atoms with van der Waals surface area (Å²) >= 11 is 0. The third-order valence-corrected chi connectivity index (χ3v) is 3.22. The Morgan fingerprint density at radius 2 is 1.65 bits per heavy atom. The number of benzene rings is 2. The van der Waals surface area contributed by atoms with Gasteiger partial charge in [0.25, 0.3) is 0 Å². The molecule has 0 bridgehead atoms. The smallest absolute Gasteiger partial charge is 0.323 e. The zero-order valence-corrected chi connectivity index (χ0v) is 11.6. The van der Waals surface area contributed by atoms with Crippen molar-refractivity contribution in [1.29, 1.82) is 0 Å². The molecule has 2 aromatic rings. The molecule has 0 radical (unpaired) electrons. The first kappa shape index (κ1) is 13.7. The van der Waals surface area contributed by atoms with Crippen molar-refractivity contribution in [2.24, 2.45) is 5.73 Å². The Morgan fingerprint density at radius 3 is 2.25 bits per heavy atom. The third kappa shape index (κ3) is 2.51. The summed E-state index contributed by atoms with van der Waals surface area (Å²) in [5, 5.41) is 0. The maximum Gasteiger partial charge on any atom is 0.323 e. The van der Waals surface area contributed by atoms with Crippen LogP contribution in [-0.4, -0.2) is 6.03 Å². The first-order valence-electron chi connectivity index (χ1n) is 6.22. The predicted octanol–water partition coefficient (Wildman–Crippen LogP) is 2.68. The summed E-state index contributed by atoms with van der Waals surface area (Å²) in [6.45, 7) is 3.79. The van der Waals surface area contributed by atoms with Gasteiger partial charge in [0.2, 0.25) is 0 Å². The van der Waals surface area contributed by atoms with E-state index in [-0.39, 0.29) is 0 Å². The highest BCUT2D eigenvalue weighted by atomic mass is 16.2. The molecule has 104 valence electrons. The normalized spacial score (nSPS) is 10.3. The predicted molar refractivity (Wildman–Crippen MR) is 82.9 cm³/mol. The van der Waals surface area contributed by atoms with Crippen molar-refractivity contribution >= 4 is 28.8 Å². The zero-order chi connectivity index (χ0) is 14.9. The van der Waals surface area contributed by atoms with Crippen LogP contribution >= 0.6 is 0 Å². The number of rotatable bonds is 2. The zero-order valence-electron chi connectivity index (χ0n) is 11.6. The van der Waals surface area contributed by atoms with Crippen molar-refractivity contribution in [2.45, 2.75) is 13.8 Å². The number of urea groups is 1. The summed E-state index contributed by atoms with van der Waals surface area (Å²) in [5.41, 5.74) is 21.5. The van der Waals surface area contributed by atoms with Crippen molar-refractivity contribution in [3.05, 3.63) is 47.5 Å². The van der Waals surface area contributed by atoms with Gasteiger partial charge in [-0.25, -0.2) is 4.79 Å². The average Bonchev–Trinajstić information content (AvgIpc) is 2.38. The van der Waals surface area contributed by atoms with Crippen LogP contribution in [0.15, 0.2) is 36.4 Å². The molecule has 0 atom stereocenters. The lowest BCUT2D eigenvalue weighted by molar-refractivity contribution is 0.256. The summed E-state index contributed by atoms with van der Waals surface area (Å²) in [4.78, 5) is 13.2.